The standard InChI is InChI=1S/C12H15F3N2O2S/c1-7-9(20-8(2)16-7)5-17-4-3-11(6-17,10(18)19)12(13,14)15/h3-6H2,1-2H3,(H,18,19). The molecular formula is C12H15F3N2O2S. The first kappa shape index (κ1) is 15.2. The van der Waals surface area contributed by atoms with Crippen molar-refractivity contribution in [2.24, 2.45) is 5.41 Å². The van der Waals surface area contributed by atoms with Crippen molar-refractivity contribution < 1.29 is 23.1 Å². The molecule has 1 N–H and O–H groups in total. The lowest BCUT2D eigenvalue weighted by atomic mass is 9.86. The minimum atomic E-state index is -4.73. The maximum Gasteiger partial charge on any atom is 0.406 e. The van der Waals surface area contributed by atoms with E-state index < -0.39 is 30.5 Å². The van der Waals surface area contributed by atoms with Crippen LogP contribution in [0.1, 0.15) is 22.0 Å². The minimum Gasteiger partial charge on any atom is -0.481 e. The van der Waals surface area contributed by atoms with E-state index in [0.29, 0.717) is 6.54 Å². The van der Waals surface area contributed by atoms with Crippen molar-refractivity contribution in [2.45, 2.75) is 33.0 Å². The van der Waals surface area contributed by atoms with Crippen molar-refractivity contribution in [3.63, 3.8) is 0 Å². The number of carbonyl (C=O) groups is 1. The highest BCUT2D eigenvalue weighted by molar-refractivity contribution is 7.11. The van der Waals surface area contributed by atoms with E-state index in [4.69, 9.17) is 5.11 Å². The molecule has 1 unspecified atom stereocenters. The molecule has 8 heteroatoms. The number of aryl methyl sites for hydroxylation is 2. The fraction of sp³-hybridized carbons (Fsp3) is 0.667. The van der Waals surface area contributed by atoms with Crippen LogP contribution in [0.15, 0.2) is 0 Å². The van der Waals surface area contributed by atoms with E-state index >= 15 is 0 Å². The van der Waals surface area contributed by atoms with Crippen LogP contribution >= 0.6 is 11.3 Å². The number of rotatable bonds is 3. The number of halogens is 3. The van der Waals surface area contributed by atoms with Gasteiger partial charge in [0.25, 0.3) is 0 Å². The number of thiazole rings is 1. The molecule has 0 bridgehead atoms. The largest absolute Gasteiger partial charge is 0.481 e. The SMILES string of the molecule is Cc1nc(C)c(CN2CCC(C(=O)O)(C(F)(F)F)C2)s1. The number of aromatic nitrogens is 1. The molecular weight excluding hydrogens is 293 g/mol. The number of carboxylic acid groups (broad SMARTS) is 1. The van der Waals surface area contributed by atoms with Crippen molar-refractivity contribution >= 4 is 17.3 Å². The third kappa shape index (κ3) is 2.54. The molecule has 0 saturated carbocycles. The van der Waals surface area contributed by atoms with Crippen molar-refractivity contribution in [2.75, 3.05) is 13.1 Å². The number of aliphatic carboxylic acids is 1. The van der Waals surface area contributed by atoms with Crippen molar-refractivity contribution in [1.29, 1.82) is 0 Å². The summed E-state index contributed by atoms with van der Waals surface area (Å²) in [5.74, 6) is -1.79. The lowest BCUT2D eigenvalue weighted by Crippen LogP contribution is -2.47. The molecule has 1 aromatic heterocycles. The highest BCUT2D eigenvalue weighted by Crippen LogP contribution is 2.46. The van der Waals surface area contributed by atoms with Crippen LogP contribution in [-0.4, -0.2) is 40.2 Å². The van der Waals surface area contributed by atoms with Crippen LogP contribution in [0.2, 0.25) is 0 Å². The highest BCUT2D eigenvalue weighted by atomic mass is 32.1. The first-order chi connectivity index (χ1) is 9.15. The number of hydrogen-bond acceptors (Lipinski definition) is 4. The normalized spacial score (nSPS) is 24.2. The number of hydrogen-bond donors (Lipinski definition) is 1. The molecule has 1 fully saturated rings. The van der Waals surface area contributed by atoms with Gasteiger partial charge in [0.05, 0.1) is 10.7 Å². The molecule has 1 aliphatic heterocycles. The molecule has 4 nitrogen and oxygen atoms in total. The Kier molecular flexibility index (Phi) is 3.81. The monoisotopic (exact) mass is 308 g/mol. The summed E-state index contributed by atoms with van der Waals surface area (Å²) in [6, 6.07) is 0. The fourth-order valence-corrected chi connectivity index (χ4v) is 3.45. The predicted molar refractivity (Wildman–Crippen MR) is 67.6 cm³/mol. The average Bonchev–Trinajstić information content (AvgIpc) is 2.84. The molecule has 2 heterocycles. The molecule has 112 valence electrons. The summed E-state index contributed by atoms with van der Waals surface area (Å²) in [5, 5.41) is 9.84. The van der Waals surface area contributed by atoms with E-state index in [2.05, 4.69) is 4.98 Å². The lowest BCUT2D eigenvalue weighted by Gasteiger charge is -2.27. The smallest absolute Gasteiger partial charge is 0.406 e. The molecule has 1 saturated heterocycles. The Labute approximate surface area is 118 Å². The summed E-state index contributed by atoms with van der Waals surface area (Å²) in [6.07, 6.45) is -5.13. The third-order valence-electron chi connectivity index (χ3n) is 3.67. The summed E-state index contributed by atoms with van der Waals surface area (Å²) < 4.78 is 39.1. The Hall–Kier alpha value is -1.15. The van der Waals surface area contributed by atoms with Crippen LogP contribution in [-0.2, 0) is 11.3 Å². The molecule has 1 aromatic rings. The first-order valence-electron chi connectivity index (χ1n) is 6.11. The van der Waals surface area contributed by atoms with Gasteiger partial charge in [0.2, 0.25) is 0 Å². The number of alkyl halides is 3. The van der Waals surface area contributed by atoms with Gasteiger partial charge in [-0.1, -0.05) is 0 Å². The van der Waals surface area contributed by atoms with E-state index in [9.17, 15) is 18.0 Å². The predicted octanol–water partition coefficient (Wildman–Crippen LogP) is 2.60. The van der Waals surface area contributed by atoms with E-state index in [1.165, 1.54) is 11.3 Å². The molecule has 2 rings (SSSR count). The molecule has 1 atom stereocenters. The Morgan fingerprint density at radius 1 is 1.50 bits per heavy atom. The second-order valence-corrected chi connectivity index (χ2v) is 6.37. The van der Waals surface area contributed by atoms with Crippen molar-refractivity contribution in [3.8, 4) is 0 Å². The Morgan fingerprint density at radius 3 is 2.55 bits per heavy atom. The van der Waals surface area contributed by atoms with Crippen LogP contribution in [0.3, 0.4) is 0 Å². The van der Waals surface area contributed by atoms with Gasteiger partial charge < -0.3 is 5.11 Å². The van der Waals surface area contributed by atoms with E-state index in [0.717, 1.165) is 15.6 Å². The lowest BCUT2D eigenvalue weighted by molar-refractivity contribution is -0.227. The molecule has 0 aliphatic carbocycles. The van der Waals surface area contributed by atoms with Gasteiger partial charge in [0.15, 0.2) is 5.41 Å². The molecule has 0 radical (unpaired) electrons. The second-order valence-electron chi connectivity index (χ2n) is 5.09. The Bertz CT molecular complexity index is 529. The Morgan fingerprint density at radius 2 is 2.15 bits per heavy atom. The zero-order chi connectivity index (χ0) is 15.1. The zero-order valence-electron chi connectivity index (χ0n) is 11.1. The summed E-state index contributed by atoms with van der Waals surface area (Å²) in [4.78, 5) is 17.7. The first-order valence-corrected chi connectivity index (χ1v) is 6.93. The molecule has 0 aromatic carbocycles. The van der Waals surface area contributed by atoms with E-state index in [1.54, 1.807) is 4.90 Å². The van der Waals surface area contributed by atoms with Crippen LogP contribution in [0, 0.1) is 19.3 Å². The maximum absolute atomic E-state index is 13.0. The van der Waals surface area contributed by atoms with Gasteiger partial charge >= 0.3 is 12.1 Å². The van der Waals surface area contributed by atoms with Crippen LogP contribution in [0.25, 0.3) is 0 Å². The summed E-state index contributed by atoms with van der Waals surface area (Å²) in [5.41, 5.74) is -1.84. The van der Waals surface area contributed by atoms with Crippen molar-refractivity contribution in [1.82, 2.24) is 9.88 Å². The summed E-state index contributed by atoms with van der Waals surface area (Å²) in [7, 11) is 0. The number of nitrogens with zero attached hydrogens (tertiary/aromatic N) is 2. The van der Waals surface area contributed by atoms with Gasteiger partial charge in [-0.05, 0) is 20.3 Å². The molecule has 20 heavy (non-hydrogen) atoms. The second kappa shape index (κ2) is 5.00. The summed E-state index contributed by atoms with van der Waals surface area (Å²) in [6.45, 7) is 3.60. The molecule has 0 spiro atoms. The number of carboxylic acids is 1. The fourth-order valence-electron chi connectivity index (χ4n) is 2.47. The average molecular weight is 308 g/mol. The third-order valence-corrected chi connectivity index (χ3v) is 4.72. The van der Waals surface area contributed by atoms with Gasteiger partial charge in [-0.15, -0.1) is 11.3 Å². The van der Waals surface area contributed by atoms with Crippen LogP contribution in [0.4, 0.5) is 13.2 Å². The topological polar surface area (TPSA) is 53.4 Å². The van der Waals surface area contributed by atoms with Gasteiger partial charge in [0, 0.05) is 24.5 Å². The van der Waals surface area contributed by atoms with Gasteiger partial charge in [-0.25, -0.2) is 4.98 Å². The van der Waals surface area contributed by atoms with E-state index in [-0.39, 0.29) is 6.54 Å². The summed E-state index contributed by atoms with van der Waals surface area (Å²) >= 11 is 1.44. The Balaban J connectivity index is 2.15. The van der Waals surface area contributed by atoms with Crippen LogP contribution in [0.5, 0.6) is 0 Å². The van der Waals surface area contributed by atoms with Gasteiger partial charge in [-0.2, -0.15) is 13.2 Å². The number of likely N-dealkylation sites (tertiary alicyclic amines) is 1. The maximum atomic E-state index is 13.0. The molecule has 1 aliphatic rings. The quantitative estimate of drug-likeness (QED) is 0.932. The minimum absolute atomic E-state index is 0.127. The van der Waals surface area contributed by atoms with Gasteiger partial charge in [-0.3, -0.25) is 9.69 Å². The highest BCUT2D eigenvalue weighted by Gasteiger charge is 2.63. The molecule has 0 amide bonds. The van der Waals surface area contributed by atoms with Gasteiger partial charge in [0.1, 0.15) is 0 Å². The van der Waals surface area contributed by atoms with Crippen molar-refractivity contribution in [3.05, 3.63) is 15.6 Å². The van der Waals surface area contributed by atoms with E-state index in [1.807, 2.05) is 13.8 Å². The zero-order valence-corrected chi connectivity index (χ0v) is 11.9. The van der Waals surface area contributed by atoms with Crippen LogP contribution < -0.4 is 0 Å².